The van der Waals surface area contributed by atoms with Crippen LogP contribution < -0.4 is 0 Å². The number of hydrogen-bond donors (Lipinski definition) is 0. The van der Waals surface area contributed by atoms with Gasteiger partial charge in [0, 0.05) is 0 Å². The first-order valence-electron chi connectivity index (χ1n) is 19.7. The van der Waals surface area contributed by atoms with E-state index < -0.39 is 38.7 Å². The molecule has 0 bridgehead atoms. The molecule has 4 nitrogen and oxygen atoms in total. The summed E-state index contributed by atoms with van der Waals surface area (Å²) in [6, 6.07) is 7.59. The van der Waals surface area contributed by atoms with Crippen LogP contribution in [0, 0.1) is 0 Å². The molecule has 0 unspecified atom stereocenters. The zero-order valence-electron chi connectivity index (χ0n) is 30.1. The SMILES string of the molecule is CCCC[Si](CCCC)(CCCC)[O][Zr]([O]C1CCCCC1)([O]C1CCCCC1)[O][Si](CCCC)(CCCC)CCCC. The van der Waals surface area contributed by atoms with E-state index in [1.165, 1.54) is 178 Å². The van der Waals surface area contributed by atoms with Gasteiger partial charge in [-0.1, -0.05) is 0 Å². The molecule has 0 aromatic carbocycles. The zero-order chi connectivity index (χ0) is 31.3. The summed E-state index contributed by atoms with van der Waals surface area (Å²) in [6.07, 6.45) is 28.2. The molecule has 0 N–H and O–H groups in total. The molecular weight excluding hydrogens is 644 g/mol. The van der Waals surface area contributed by atoms with Crippen molar-refractivity contribution in [1.82, 2.24) is 0 Å². The molecule has 0 heterocycles. The van der Waals surface area contributed by atoms with Crippen LogP contribution in [0.4, 0.5) is 0 Å². The van der Waals surface area contributed by atoms with Crippen LogP contribution in [0.25, 0.3) is 0 Å². The van der Waals surface area contributed by atoms with Crippen molar-refractivity contribution in [2.75, 3.05) is 0 Å². The van der Waals surface area contributed by atoms with E-state index in [-0.39, 0.29) is 12.2 Å². The molecule has 0 saturated heterocycles. The minimum atomic E-state index is -4.50. The Morgan fingerprint density at radius 3 is 0.907 bits per heavy atom. The van der Waals surface area contributed by atoms with Crippen molar-refractivity contribution in [2.45, 2.75) is 231 Å². The summed E-state index contributed by atoms with van der Waals surface area (Å²) < 4.78 is 31.3. The van der Waals surface area contributed by atoms with E-state index in [0.717, 1.165) is 0 Å². The molecule has 2 aliphatic carbocycles. The van der Waals surface area contributed by atoms with E-state index >= 15 is 0 Å². The van der Waals surface area contributed by atoms with E-state index in [4.69, 9.17) is 10.6 Å². The van der Waals surface area contributed by atoms with E-state index in [1.54, 1.807) is 0 Å². The van der Waals surface area contributed by atoms with Crippen LogP contribution in [0.1, 0.15) is 183 Å². The summed E-state index contributed by atoms with van der Waals surface area (Å²) in [5, 5.41) is 0. The van der Waals surface area contributed by atoms with Crippen molar-refractivity contribution in [2.24, 2.45) is 0 Å². The Morgan fingerprint density at radius 1 is 0.419 bits per heavy atom. The molecule has 2 fully saturated rings. The molecule has 0 radical (unpaired) electrons. The first-order valence-corrected chi connectivity index (χ1v) is 28.8. The molecule has 7 heteroatoms. The molecule has 2 rings (SSSR count). The third kappa shape index (κ3) is 15.3. The maximum atomic E-state index is 8.05. The molecule has 0 aromatic rings. The molecule has 0 aliphatic heterocycles. The van der Waals surface area contributed by atoms with Crippen molar-refractivity contribution in [3.63, 3.8) is 0 Å². The molecule has 0 amide bonds. The Bertz CT molecular complexity index is 570. The third-order valence-electron chi connectivity index (χ3n) is 10.3. The van der Waals surface area contributed by atoms with Gasteiger partial charge in [0.1, 0.15) is 0 Å². The molecule has 2 aliphatic rings. The molecule has 2 saturated carbocycles. The zero-order valence-corrected chi connectivity index (χ0v) is 34.5. The van der Waals surface area contributed by atoms with Gasteiger partial charge in [-0.15, -0.1) is 0 Å². The van der Waals surface area contributed by atoms with Gasteiger partial charge >= 0.3 is 281 Å². The van der Waals surface area contributed by atoms with E-state index in [0.29, 0.717) is 0 Å². The first kappa shape index (κ1) is 40.3. The molecule has 0 atom stereocenters. The molecule has 0 spiro atoms. The third-order valence-corrected chi connectivity index (χ3v) is 32.4. The first-order chi connectivity index (χ1) is 20.9. The number of hydrogen-bond acceptors (Lipinski definition) is 4. The molecular formula is C36H76O4Si2Zr. The molecule has 0 aromatic heterocycles. The van der Waals surface area contributed by atoms with Crippen molar-refractivity contribution < 1.29 is 32.7 Å². The fourth-order valence-electron chi connectivity index (χ4n) is 7.50. The van der Waals surface area contributed by atoms with E-state index in [9.17, 15) is 0 Å². The Kier molecular flexibility index (Phi) is 22.0. The fraction of sp³-hybridized carbons (Fsp3) is 1.00. The summed E-state index contributed by atoms with van der Waals surface area (Å²) in [5.74, 6) is 0. The van der Waals surface area contributed by atoms with Gasteiger partial charge < -0.3 is 0 Å². The Hall–Kier alpha value is 1.16. The van der Waals surface area contributed by atoms with Gasteiger partial charge in [-0.05, 0) is 0 Å². The maximum absolute atomic E-state index is 8.05. The quantitative estimate of drug-likeness (QED) is 0.0834. The summed E-state index contributed by atoms with van der Waals surface area (Å²) in [7, 11) is -4.23. The molecule has 43 heavy (non-hydrogen) atoms. The number of rotatable bonds is 26. The van der Waals surface area contributed by atoms with Crippen molar-refractivity contribution >= 4 is 16.6 Å². The van der Waals surface area contributed by atoms with Crippen molar-refractivity contribution in [3.05, 3.63) is 0 Å². The summed E-state index contributed by atoms with van der Waals surface area (Å²) in [6.45, 7) is 14.2. The normalized spacial score (nSPS) is 18.0. The van der Waals surface area contributed by atoms with Gasteiger partial charge in [0.05, 0.1) is 0 Å². The van der Waals surface area contributed by atoms with Crippen LogP contribution in [0.5, 0.6) is 0 Å². The van der Waals surface area contributed by atoms with E-state index in [1.807, 2.05) is 0 Å². The predicted octanol–water partition coefficient (Wildman–Crippen LogP) is 13.2. The predicted molar refractivity (Wildman–Crippen MR) is 188 cm³/mol. The summed E-state index contributed by atoms with van der Waals surface area (Å²) >= 11 is -4.50. The van der Waals surface area contributed by atoms with Crippen LogP contribution in [-0.2, 0) is 32.7 Å². The fourth-order valence-corrected chi connectivity index (χ4v) is 35.0. The number of unbranched alkanes of at least 4 members (excludes halogenated alkanes) is 6. The average molecular weight is 720 g/mol. The second-order valence-electron chi connectivity index (χ2n) is 14.4. The Balaban J connectivity index is 2.68. The Morgan fingerprint density at radius 2 is 0.674 bits per heavy atom. The van der Waals surface area contributed by atoms with Crippen LogP contribution in [0.3, 0.4) is 0 Å². The van der Waals surface area contributed by atoms with Crippen LogP contribution in [0.15, 0.2) is 0 Å². The van der Waals surface area contributed by atoms with Crippen molar-refractivity contribution in [1.29, 1.82) is 0 Å². The Labute approximate surface area is 279 Å². The second kappa shape index (κ2) is 23.5. The average Bonchev–Trinajstić information content (AvgIpc) is 3.03. The topological polar surface area (TPSA) is 36.9 Å². The summed E-state index contributed by atoms with van der Waals surface area (Å²) in [4.78, 5) is 0. The van der Waals surface area contributed by atoms with E-state index in [2.05, 4.69) is 41.5 Å². The standard InChI is InChI=1S/2C12H27OSi.2C6H11O.Zr/c2*1-4-7-10-14(13,11-8-5-2)12-9-6-3;2*7-6-4-2-1-3-5-6;/h2*4-12H2,1-3H3;2*6H,1-5H2;/q4*-1;+4. The van der Waals surface area contributed by atoms with Crippen molar-refractivity contribution in [3.8, 4) is 0 Å². The van der Waals surface area contributed by atoms with Gasteiger partial charge in [0.25, 0.3) is 0 Å². The van der Waals surface area contributed by atoms with Gasteiger partial charge in [-0.3, -0.25) is 0 Å². The van der Waals surface area contributed by atoms with Crippen LogP contribution in [-0.4, -0.2) is 28.8 Å². The van der Waals surface area contributed by atoms with Gasteiger partial charge in [-0.2, -0.15) is 0 Å². The van der Waals surface area contributed by atoms with Gasteiger partial charge in [-0.25, -0.2) is 0 Å². The molecule has 256 valence electrons. The minimum absolute atomic E-state index is 0.276. The van der Waals surface area contributed by atoms with Crippen LogP contribution >= 0.6 is 0 Å². The van der Waals surface area contributed by atoms with Crippen LogP contribution in [0.2, 0.25) is 36.3 Å². The van der Waals surface area contributed by atoms with Gasteiger partial charge in [0.15, 0.2) is 0 Å². The van der Waals surface area contributed by atoms with Gasteiger partial charge in [0.2, 0.25) is 0 Å². The second-order valence-corrected chi connectivity index (χ2v) is 29.2. The summed E-state index contributed by atoms with van der Waals surface area (Å²) in [5.41, 5.74) is 0. The monoisotopic (exact) mass is 718 g/mol.